The molecule has 1 heterocycles. The first-order valence-electron chi connectivity index (χ1n) is 5.25. The predicted octanol–water partition coefficient (Wildman–Crippen LogP) is 3.50. The molecule has 0 bridgehead atoms. The number of rotatable bonds is 4. The lowest BCUT2D eigenvalue weighted by molar-refractivity contribution is 0.252. The van der Waals surface area contributed by atoms with Gasteiger partial charge in [-0.1, -0.05) is 23.9 Å². The summed E-state index contributed by atoms with van der Waals surface area (Å²) in [5.74, 6) is -1.87. The molecule has 0 saturated carbocycles. The van der Waals surface area contributed by atoms with Crippen molar-refractivity contribution in [2.24, 2.45) is 0 Å². The molecule has 3 nitrogen and oxygen atoms in total. The molecule has 0 spiro atoms. The maximum atomic E-state index is 12.2. The normalized spacial score (nSPS) is 10.7. The topological polar surface area (TPSA) is 37.8 Å². The molecule has 0 radical (unpaired) electrons. The van der Waals surface area contributed by atoms with Gasteiger partial charge in [0.05, 0.1) is 5.69 Å². The van der Waals surface area contributed by atoms with E-state index in [0.717, 1.165) is 11.3 Å². The molecule has 2 aromatic rings. The minimum absolute atomic E-state index is 0.526. The van der Waals surface area contributed by atoms with Gasteiger partial charge in [-0.3, -0.25) is 0 Å². The van der Waals surface area contributed by atoms with Gasteiger partial charge in [-0.25, -0.2) is 9.97 Å². The number of thioether (sulfide) groups is 1. The fourth-order valence-corrected chi connectivity index (χ4v) is 1.95. The monoisotopic (exact) mass is 267 g/mol. The van der Waals surface area contributed by atoms with Gasteiger partial charge >= 0.3 is 0 Å². The van der Waals surface area contributed by atoms with Crippen LogP contribution in [0.2, 0.25) is 0 Å². The van der Waals surface area contributed by atoms with Crippen molar-refractivity contribution >= 4 is 17.7 Å². The van der Waals surface area contributed by atoms with Crippen molar-refractivity contribution < 1.29 is 8.78 Å². The number of hydrogen-bond acceptors (Lipinski definition) is 4. The summed E-state index contributed by atoms with van der Waals surface area (Å²) in [7, 11) is 1.74. The molecule has 1 aromatic heterocycles. The van der Waals surface area contributed by atoms with Crippen LogP contribution in [0, 0.1) is 0 Å². The second kappa shape index (κ2) is 5.77. The molecule has 0 aliphatic heterocycles. The van der Waals surface area contributed by atoms with Crippen molar-refractivity contribution in [1.82, 2.24) is 9.97 Å². The van der Waals surface area contributed by atoms with Crippen LogP contribution in [0.25, 0.3) is 11.3 Å². The molecule has 94 valence electrons. The fourth-order valence-electron chi connectivity index (χ4n) is 1.45. The van der Waals surface area contributed by atoms with Crippen LogP contribution in [0.3, 0.4) is 0 Å². The van der Waals surface area contributed by atoms with Crippen LogP contribution in [0.1, 0.15) is 0 Å². The molecule has 6 heteroatoms. The van der Waals surface area contributed by atoms with Crippen LogP contribution in [0.5, 0.6) is 0 Å². The number of nitrogens with one attached hydrogen (secondary N) is 1. The molecular formula is C12H11F2N3S. The first-order chi connectivity index (χ1) is 8.69. The van der Waals surface area contributed by atoms with Gasteiger partial charge in [0.25, 0.3) is 5.76 Å². The minimum atomic E-state index is -2.40. The summed E-state index contributed by atoms with van der Waals surface area (Å²) in [5, 5.41) is 2.85. The summed E-state index contributed by atoms with van der Waals surface area (Å²) < 4.78 is 24.4. The van der Waals surface area contributed by atoms with Crippen molar-refractivity contribution in [3.63, 3.8) is 0 Å². The molecule has 0 aliphatic carbocycles. The number of nitrogens with zero attached hydrogens (tertiary/aromatic N) is 2. The summed E-state index contributed by atoms with van der Waals surface area (Å²) in [4.78, 5) is 8.83. The Morgan fingerprint density at radius 1 is 1.17 bits per heavy atom. The third-order valence-corrected chi connectivity index (χ3v) is 2.98. The number of alkyl halides is 2. The van der Waals surface area contributed by atoms with Gasteiger partial charge in [0, 0.05) is 23.7 Å². The number of aromatic nitrogens is 2. The Morgan fingerprint density at radius 3 is 2.50 bits per heavy atom. The van der Waals surface area contributed by atoms with Gasteiger partial charge in [-0.15, -0.1) is 0 Å². The van der Waals surface area contributed by atoms with E-state index in [-0.39, 0.29) is 0 Å². The first kappa shape index (κ1) is 12.8. The molecule has 0 amide bonds. The third kappa shape index (κ3) is 3.16. The fraction of sp³-hybridized carbons (Fsp3) is 0.167. The highest BCUT2D eigenvalue weighted by Gasteiger charge is 2.06. The third-order valence-electron chi connectivity index (χ3n) is 2.25. The molecule has 1 aromatic carbocycles. The lowest BCUT2D eigenvalue weighted by atomic mass is 10.1. The summed E-state index contributed by atoms with van der Waals surface area (Å²) in [6, 6.07) is 8.63. The van der Waals surface area contributed by atoms with E-state index in [0.29, 0.717) is 22.6 Å². The molecule has 0 fully saturated rings. The average Bonchev–Trinajstić information content (AvgIpc) is 2.39. The van der Waals surface area contributed by atoms with Crippen molar-refractivity contribution in [3.05, 3.63) is 36.5 Å². The average molecular weight is 267 g/mol. The smallest absolute Gasteiger partial charge is 0.288 e. The van der Waals surface area contributed by atoms with Crippen LogP contribution in [-0.2, 0) is 0 Å². The zero-order valence-electron chi connectivity index (χ0n) is 9.60. The molecule has 18 heavy (non-hydrogen) atoms. The van der Waals surface area contributed by atoms with E-state index in [1.165, 1.54) is 0 Å². The largest absolute Gasteiger partial charge is 0.357 e. The van der Waals surface area contributed by atoms with Gasteiger partial charge in [-0.05, 0) is 18.2 Å². The highest BCUT2D eigenvalue weighted by atomic mass is 32.2. The molecule has 0 saturated heterocycles. The van der Waals surface area contributed by atoms with E-state index >= 15 is 0 Å². The summed E-state index contributed by atoms with van der Waals surface area (Å²) in [6.07, 6.45) is 1.65. The second-order valence-electron chi connectivity index (χ2n) is 3.42. The highest BCUT2D eigenvalue weighted by molar-refractivity contribution is 7.99. The zero-order chi connectivity index (χ0) is 13.0. The Hall–Kier alpha value is -1.69. The predicted molar refractivity (Wildman–Crippen MR) is 68.9 cm³/mol. The van der Waals surface area contributed by atoms with Crippen molar-refractivity contribution in [2.75, 3.05) is 12.4 Å². The SMILES string of the molecule is CNc1nccc(-c2ccc(SC(F)F)cc2)n1. The molecule has 2 rings (SSSR count). The molecule has 1 N–H and O–H groups in total. The van der Waals surface area contributed by atoms with E-state index in [4.69, 9.17) is 0 Å². The number of benzene rings is 1. The van der Waals surface area contributed by atoms with Crippen molar-refractivity contribution in [3.8, 4) is 11.3 Å². The Kier molecular flexibility index (Phi) is 4.09. The van der Waals surface area contributed by atoms with Crippen LogP contribution >= 0.6 is 11.8 Å². The van der Waals surface area contributed by atoms with Crippen LogP contribution in [0.4, 0.5) is 14.7 Å². The number of halogens is 2. The van der Waals surface area contributed by atoms with Crippen LogP contribution in [0.15, 0.2) is 41.4 Å². The Bertz CT molecular complexity index is 517. The van der Waals surface area contributed by atoms with E-state index in [9.17, 15) is 8.78 Å². The van der Waals surface area contributed by atoms with Gasteiger partial charge in [0.1, 0.15) is 0 Å². The van der Waals surface area contributed by atoms with Gasteiger partial charge in [0.15, 0.2) is 0 Å². The number of hydrogen-bond donors (Lipinski definition) is 1. The number of anilines is 1. The maximum absolute atomic E-state index is 12.2. The molecule has 0 unspecified atom stereocenters. The Morgan fingerprint density at radius 2 is 1.89 bits per heavy atom. The lowest BCUT2D eigenvalue weighted by Crippen LogP contribution is -1.96. The summed E-state index contributed by atoms with van der Waals surface area (Å²) in [5.41, 5.74) is 1.62. The molecule has 0 aliphatic rings. The quantitative estimate of drug-likeness (QED) is 0.860. The van der Waals surface area contributed by atoms with E-state index in [1.54, 1.807) is 43.6 Å². The van der Waals surface area contributed by atoms with Gasteiger partial charge in [0.2, 0.25) is 5.95 Å². The standard InChI is InChI=1S/C12H11F2N3S/c1-15-12-16-7-6-10(17-12)8-2-4-9(5-3-8)18-11(13)14/h2-7,11H,1H3,(H,15,16,17). The lowest BCUT2D eigenvalue weighted by Gasteiger charge is -2.04. The zero-order valence-corrected chi connectivity index (χ0v) is 10.4. The van der Waals surface area contributed by atoms with E-state index < -0.39 is 5.76 Å². The highest BCUT2D eigenvalue weighted by Crippen LogP contribution is 2.27. The molecule has 0 atom stereocenters. The van der Waals surface area contributed by atoms with Gasteiger partial charge in [-0.2, -0.15) is 8.78 Å². The Labute approximate surface area is 108 Å². The maximum Gasteiger partial charge on any atom is 0.288 e. The second-order valence-corrected chi connectivity index (χ2v) is 4.48. The summed E-state index contributed by atoms with van der Waals surface area (Å²) in [6.45, 7) is 0. The van der Waals surface area contributed by atoms with Crippen LogP contribution < -0.4 is 5.32 Å². The first-order valence-corrected chi connectivity index (χ1v) is 6.13. The van der Waals surface area contributed by atoms with E-state index in [2.05, 4.69) is 15.3 Å². The van der Waals surface area contributed by atoms with Crippen molar-refractivity contribution in [2.45, 2.75) is 10.7 Å². The minimum Gasteiger partial charge on any atom is -0.357 e. The van der Waals surface area contributed by atoms with Crippen LogP contribution in [-0.4, -0.2) is 22.8 Å². The summed E-state index contributed by atoms with van der Waals surface area (Å²) >= 11 is 0.532. The Balaban J connectivity index is 2.22. The van der Waals surface area contributed by atoms with Crippen molar-refractivity contribution in [1.29, 1.82) is 0 Å². The van der Waals surface area contributed by atoms with Gasteiger partial charge < -0.3 is 5.32 Å². The molecular weight excluding hydrogens is 256 g/mol. The van der Waals surface area contributed by atoms with E-state index in [1.807, 2.05) is 0 Å².